The number of carbonyl (C=O) groups is 1. The van der Waals surface area contributed by atoms with Gasteiger partial charge in [-0.25, -0.2) is 17.5 Å². The molecular weight excluding hydrogens is 403 g/mol. The Kier molecular flexibility index (Phi) is 6.64. The SMILES string of the molecule is Cc1c(CNS(C)(=O)=O)ccc(-c2ccccc2)c1NC(=O)Cc1ccc(F)cc1. The third-order valence-electron chi connectivity index (χ3n) is 4.73. The molecule has 3 rings (SSSR count). The number of benzene rings is 3. The minimum absolute atomic E-state index is 0.0970. The van der Waals surface area contributed by atoms with E-state index in [1.165, 1.54) is 12.1 Å². The molecule has 156 valence electrons. The first kappa shape index (κ1) is 21.7. The molecule has 0 spiro atoms. The highest BCUT2D eigenvalue weighted by atomic mass is 32.2. The third-order valence-corrected chi connectivity index (χ3v) is 5.40. The molecule has 0 radical (unpaired) electrons. The van der Waals surface area contributed by atoms with E-state index in [0.29, 0.717) is 11.3 Å². The molecule has 0 aliphatic rings. The average Bonchev–Trinajstić information content (AvgIpc) is 2.70. The zero-order valence-electron chi connectivity index (χ0n) is 16.8. The van der Waals surface area contributed by atoms with Crippen molar-refractivity contribution < 1.29 is 17.6 Å². The Hall–Kier alpha value is -3.03. The average molecular weight is 427 g/mol. The molecule has 3 aromatic carbocycles. The van der Waals surface area contributed by atoms with Gasteiger partial charge in [-0.15, -0.1) is 0 Å². The van der Waals surface area contributed by atoms with E-state index in [1.54, 1.807) is 12.1 Å². The van der Waals surface area contributed by atoms with Crippen LogP contribution in [0.1, 0.15) is 16.7 Å². The molecule has 7 heteroatoms. The van der Waals surface area contributed by atoms with E-state index < -0.39 is 10.0 Å². The molecule has 0 aliphatic heterocycles. The molecule has 0 fully saturated rings. The van der Waals surface area contributed by atoms with Crippen molar-refractivity contribution in [3.05, 3.63) is 89.2 Å². The van der Waals surface area contributed by atoms with Crippen molar-refractivity contribution in [2.45, 2.75) is 19.9 Å². The zero-order chi connectivity index (χ0) is 21.7. The van der Waals surface area contributed by atoms with Crippen LogP contribution in [0.15, 0.2) is 66.7 Å². The molecule has 5 nitrogen and oxygen atoms in total. The number of amides is 1. The first-order valence-electron chi connectivity index (χ1n) is 9.40. The van der Waals surface area contributed by atoms with Crippen molar-refractivity contribution in [2.24, 2.45) is 0 Å². The van der Waals surface area contributed by atoms with Gasteiger partial charge in [-0.3, -0.25) is 4.79 Å². The van der Waals surface area contributed by atoms with E-state index in [0.717, 1.165) is 28.5 Å². The Bertz CT molecular complexity index is 1150. The lowest BCUT2D eigenvalue weighted by molar-refractivity contribution is -0.115. The third kappa shape index (κ3) is 5.75. The molecule has 2 N–H and O–H groups in total. The second-order valence-electron chi connectivity index (χ2n) is 7.08. The van der Waals surface area contributed by atoms with Crippen LogP contribution in [0.4, 0.5) is 10.1 Å². The molecule has 3 aromatic rings. The van der Waals surface area contributed by atoms with E-state index in [2.05, 4.69) is 10.0 Å². The van der Waals surface area contributed by atoms with Gasteiger partial charge in [0.1, 0.15) is 5.82 Å². The van der Waals surface area contributed by atoms with E-state index in [4.69, 9.17) is 0 Å². The molecule has 0 heterocycles. The van der Waals surface area contributed by atoms with Crippen LogP contribution in [0.2, 0.25) is 0 Å². The summed E-state index contributed by atoms with van der Waals surface area (Å²) >= 11 is 0. The lowest BCUT2D eigenvalue weighted by atomic mass is 9.96. The number of hydrogen-bond donors (Lipinski definition) is 2. The van der Waals surface area contributed by atoms with E-state index in [-0.39, 0.29) is 24.7 Å². The van der Waals surface area contributed by atoms with Crippen molar-refractivity contribution >= 4 is 21.6 Å². The van der Waals surface area contributed by atoms with Gasteiger partial charge in [0, 0.05) is 12.1 Å². The summed E-state index contributed by atoms with van der Waals surface area (Å²) in [5.41, 5.74) is 4.63. The van der Waals surface area contributed by atoms with Gasteiger partial charge in [0.15, 0.2) is 0 Å². The predicted octanol–water partition coefficient (Wildman–Crippen LogP) is 4.03. The molecule has 1 amide bonds. The van der Waals surface area contributed by atoms with Gasteiger partial charge < -0.3 is 5.32 Å². The van der Waals surface area contributed by atoms with Crippen LogP contribution in [0.25, 0.3) is 11.1 Å². The Morgan fingerprint density at radius 3 is 2.27 bits per heavy atom. The van der Waals surface area contributed by atoms with E-state index >= 15 is 0 Å². The van der Waals surface area contributed by atoms with Crippen LogP contribution in [-0.4, -0.2) is 20.6 Å². The van der Waals surface area contributed by atoms with Gasteiger partial charge in [0.2, 0.25) is 15.9 Å². The number of sulfonamides is 1. The highest BCUT2D eigenvalue weighted by Crippen LogP contribution is 2.33. The number of anilines is 1. The largest absolute Gasteiger partial charge is 0.325 e. The highest BCUT2D eigenvalue weighted by Gasteiger charge is 2.15. The van der Waals surface area contributed by atoms with Gasteiger partial charge in [0.05, 0.1) is 18.4 Å². The van der Waals surface area contributed by atoms with Gasteiger partial charge >= 0.3 is 0 Å². The summed E-state index contributed by atoms with van der Waals surface area (Å²) in [7, 11) is -3.35. The fraction of sp³-hybridized carbons (Fsp3) is 0.174. The lowest BCUT2D eigenvalue weighted by Gasteiger charge is -2.18. The summed E-state index contributed by atoms with van der Waals surface area (Å²) in [6, 6.07) is 19.1. The molecule has 0 aromatic heterocycles. The van der Waals surface area contributed by atoms with Crippen LogP contribution in [0.3, 0.4) is 0 Å². The zero-order valence-corrected chi connectivity index (χ0v) is 17.6. The number of hydrogen-bond acceptors (Lipinski definition) is 3. The maximum atomic E-state index is 13.1. The second kappa shape index (κ2) is 9.19. The van der Waals surface area contributed by atoms with Crippen molar-refractivity contribution in [1.82, 2.24) is 4.72 Å². The summed E-state index contributed by atoms with van der Waals surface area (Å²) < 4.78 is 38.6. The quantitative estimate of drug-likeness (QED) is 0.599. The minimum atomic E-state index is -3.35. The van der Waals surface area contributed by atoms with E-state index in [9.17, 15) is 17.6 Å². The minimum Gasteiger partial charge on any atom is -0.325 e. The first-order chi connectivity index (χ1) is 14.2. The van der Waals surface area contributed by atoms with Crippen LogP contribution < -0.4 is 10.0 Å². The smallest absolute Gasteiger partial charge is 0.228 e. The maximum absolute atomic E-state index is 13.1. The molecule has 30 heavy (non-hydrogen) atoms. The summed E-state index contributed by atoms with van der Waals surface area (Å²) in [6.45, 7) is 1.97. The van der Waals surface area contributed by atoms with E-state index in [1.807, 2.05) is 49.4 Å². The van der Waals surface area contributed by atoms with Crippen molar-refractivity contribution in [3.8, 4) is 11.1 Å². The molecule has 0 unspecified atom stereocenters. The summed E-state index contributed by atoms with van der Waals surface area (Å²) in [6.07, 6.45) is 1.20. The Morgan fingerprint density at radius 1 is 0.967 bits per heavy atom. The van der Waals surface area contributed by atoms with Crippen molar-refractivity contribution in [3.63, 3.8) is 0 Å². The summed E-state index contributed by atoms with van der Waals surface area (Å²) in [5.74, 6) is -0.595. The normalized spacial score (nSPS) is 11.3. The predicted molar refractivity (Wildman–Crippen MR) is 117 cm³/mol. The topological polar surface area (TPSA) is 75.3 Å². The lowest BCUT2D eigenvalue weighted by Crippen LogP contribution is -2.22. The van der Waals surface area contributed by atoms with Crippen LogP contribution in [0.5, 0.6) is 0 Å². The Morgan fingerprint density at radius 2 is 1.63 bits per heavy atom. The molecular formula is C23H23FN2O3S. The number of rotatable bonds is 7. The number of halogens is 1. The molecule has 0 atom stereocenters. The number of nitrogens with one attached hydrogen (secondary N) is 2. The maximum Gasteiger partial charge on any atom is 0.228 e. The van der Waals surface area contributed by atoms with Crippen LogP contribution in [-0.2, 0) is 27.8 Å². The molecule has 0 aliphatic carbocycles. The van der Waals surface area contributed by atoms with Gasteiger partial charge in [-0.05, 0) is 41.3 Å². The summed E-state index contributed by atoms with van der Waals surface area (Å²) in [5, 5.41) is 2.97. The number of carbonyl (C=O) groups excluding carboxylic acids is 1. The summed E-state index contributed by atoms with van der Waals surface area (Å²) in [4.78, 5) is 12.7. The van der Waals surface area contributed by atoms with Crippen molar-refractivity contribution in [2.75, 3.05) is 11.6 Å². The molecule has 0 bridgehead atoms. The standard InChI is InChI=1S/C23H23FN2O3S/c1-16-19(15-25-30(2,28)29)10-13-21(18-6-4-3-5-7-18)23(16)26-22(27)14-17-8-11-20(24)12-9-17/h3-13,25H,14-15H2,1-2H3,(H,26,27). The van der Waals surface area contributed by atoms with Crippen LogP contribution >= 0.6 is 0 Å². The second-order valence-corrected chi connectivity index (χ2v) is 8.92. The molecule has 0 saturated heterocycles. The fourth-order valence-corrected chi connectivity index (χ4v) is 3.56. The highest BCUT2D eigenvalue weighted by molar-refractivity contribution is 7.88. The van der Waals surface area contributed by atoms with Gasteiger partial charge in [0.25, 0.3) is 0 Å². The van der Waals surface area contributed by atoms with Gasteiger partial charge in [-0.2, -0.15) is 0 Å². The van der Waals surface area contributed by atoms with Gasteiger partial charge in [-0.1, -0.05) is 54.6 Å². The monoisotopic (exact) mass is 426 g/mol. The Labute approximate surface area is 176 Å². The fourth-order valence-electron chi connectivity index (χ4n) is 3.15. The molecule has 0 saturated carbocycles. The van der Waals surface area contributed by atoms with Crippen LogP contribution in [0, 0.1) is 12.7 Å². The van der Waals surface area contributed by atoms with Crippen molar-refractivity contribution in [1.29, 1.82) is 0 Å². The Balaban J connectivity index is 1.93. The first-order valence-corrected chi connectivity index (χ1v) is 11.3.